The highest BCUT2D eigenvalue weighted by molar-refractivity contribution is 5.85. The van der Waals surface area contributed by atoms with Crippen LogP contribution in [-0.2, 0) is 0 Å². The van der Waals surface area contributed by atoms with E-state index in [4.69, 9.17) is 0 Å². The van der Waals surface area contributed by atoms with Gasteiger partial charge >= 0.3 is 0 Å². The Hall–Kier alpha value is 0.210. The summed E-state index contributed by atoms with van der Waals surface area (Å²) in [5.41, 5.74) is 0. The molecule has 2 aliphatic heterocycles. The number of hydrogen-bond acceptors (Lipinski definition) is 2. The summed E-state index contributed by atoms with van der Waals surface area (Å²) in [5, 5.41) is 3.65. The summed E-state index contributed by atoms with van der Waals surface area (Å²) in [4.78, 5) is 2.69. The molecule has 0 aliphatic carbocycles. The van der Waals surface area contributed by atoms with Crippen LogP contribution >= 0.6 is 12.4 Å². The molecule has 0 amide bonds. The molecule has 90 valence electrons. The minimum atomic E-state index is 0. The van der Waals surface area contributed by atoms with Crippen molar-refractivity contribution in [3.05, 3.63) is 0 Å². The van der Waals surface area contributed by atoms with E-state index in [1.54, 1.807) is 0 Å². The second-order valence-electron chi connectivity index (χ2n) is 4.99. The molecule has 15 heavy (non-hydrogen) atoms. The van der Waals surface area contributed by atoms with Crippen LogP contribution in [-0.4, -0.2) is 36.6 Å². The van der Waals surface area contributed by atoms with Gasteiger partial charge in [-0.25, -0.2) is 0 Å². The van der Waals surface area contributed by atoms with Crippen molar-refractivity contribution in [1.82, 2.24) is 10.2 Å². The third-order valence-electron chi connectivity index (χ3n) is 3.81. The Kier molecular flexibility index (Phi) is 5.95. The van der Waals surface area contributed by atoms with Gasteiger partial charge in [-0.2, -0.15) is 0 Å². The lowest BCUT2D eigenvalue weighted by Gasteiger charge is -2.37. The molecular formula is C12H25ClN2. The normalized spacial score (nSPS) is 33.4. The molecule has 0 aromatic heterocycles. The lowest BCUT2D eigenvalue weighted by molar-refractivity contribution is 0.137. The number of likely N-dealkylation sites (tertiary alicyclic amines) is 1. The predicted molar refractivity (Wildman–Crippen MR) is 67.8 cm³/mol. The summed E-state index contributed by atoms with van der Waals surface area (Å²) in [6.07, 6.45) is 8.47. The summed E-state index contributed by atoms with van der Waals surface area (Å²) in [5.74, 6) is 0. The summed E-state index contributed by atoms with van der Waals surface area (Å²) >= 11 is 0. The van der Waals surface area contributed by atoms with Crippen LogP contribution in [0.5, 0.6) is 0 Å². The van der Waals surface area contributed by atoms with Gasteiger partial charge in [0.2, 0.25) is 0 Å². The van der Waals surface area contributed by atoms with Crippen LogP contribution in [0.3, 0.4) is 0 Å². The zero-order valence-corrected chi connectivity index (χ0v) is 10.7. The fourth-order valence-electron chi connectivity index (χ4n) is 2.79. The van der Waals surface area contributed by atoms with Crippen LogP contribution in [0.15, 0.2) is 0 Å². The Morgan fingerprint density at radius 2 is 1.93 bits per heavy atom. The fourth-order valence-corrected chi connectivity index (χ4v) is 2.79. The molecule has 0 aromatic rings. The largest absolute Gasteiger partial charge is 0.313 e. The molecule has 0 spiro atoms. The van der Waals surface area contributed by atoms with Crippen molar-refractivity contribution < 1.29 is 0 Å². The monoisotopic (exact) mass is 232 g/mol. The number of halogens is 1. The lowest BCUT2D eigenvalue weighted by Crippen LogP contribution is -2.48. The number of nitrogens with one attached hydrogen (secondary N) is 1. The van der Waals surface area contributed by atoms with Crippen LogP contribution in [0.25, 0.3) is 0 Å². The first-order valence-electron chi connectivity index (χ1n) is 6.33. The van der Waals surface area contributed by atoms with E-state index in [9.17, 15) is 0 Å². The Bertz CT molecular complexity index is 169. The molecule has 0 radical (unpaired) electrons. The molecule has 2 unspecified atom stereocenters. The number of piperidine rings is 2. The van der Waals surface area contributed by atoms with Gasteiger partial charge in [0.15, 0.2) is 0 Å². The van der Waals surface area contributed by atoms with E-state index in [0.29, 0.717) is 0 Å². The second-order valence-corrected chi connectivity index (χ2v) is 4.99. The van der Waals surface area contributed by atoms with Gasteiger partial charge in [-0.3, -0.25) is 4.90 Å². The molecule has 2 nitrogen and oxygen atoms in total. The molecule has 2 rings (SSSR count). The van der Waals surface area contributed by atoms with Crippen molar-refractivity contribution in [3.8, 4) is 0 Å². The molecule has 0 aromatic carbocycles. The minimum Gasteiger partial charge on any atom is -0.313 e. The molecule has 0 saturated carbocycles. The summed E-state index contributed by atoms with van der Waals surface area (Å²) in [6, 6.07) is 1.61. The average molecular weight is 233 g/mol. The quantitative estimate of drug-likeness (QED) is 0.787. The van der Waals surface area contributed by atoms with Crippen molar-refractivity contribution >= 4 is 12.4 Å². The Morgan fingerprint density at radius 3 is 2.60 bits per heavy atom. The molecule has 1 N–H and O–H groups in total. The van der Waals surface area contributed by atoms with Gasteiger partial charge in [0.05, 0.1) is 0 Å². The van der Waals surface area contributed by atoms with E-state index in [1.807, 2.05) is 0 Å². The van der Waals surface area contributed by atoms with Gasteiger partial charge in [-0.05, 0) is 45.7 Å². The van der Waals surface area contributed by atoms with E-state index in [2.05, 4.69) is 17.1 Å². The van der Waals surface area contributed by atoms with Crippen LogP contribution in [0.1, 0.15) is 45.4 Å². The maximum Gasteiger partial charge on any atom is 0.0195 e. The zero-order valence-electron chi connectivity index (χ0n) is 9.87. The molecular weight excluding hydrogens is 208 g/mol. The average Bonchev–Trinajstić information content (AvgIpc) is 2.23. The third kappa shape index (κ3) is 3.93. The van der Waals surface area contributed by atoms with Crippen LogP contribution in [0.2, 0.25) is 0 Å². The lowest BCUT2D eigenvalue weighted by atomic mass is 10.00. The number of rotatable bonds is 2. The maximum absolute atomic E-state index is 3.65. The second kappa shape index (κ2) is 6.72. The van der Waals surface area contributed by atoms with Crippen molar-refractivity contribution in [2.24, 2.45) is 0 Å². The summed E-state index contributed by atoms with van der Waals surface area (Å²) in [6.45, 7) is 6.26. The highest BCUT2D eigenvalue weighted by Gasteiger charge is 2.22. The molecule has 2 saturated heterocycles. The minimum absolute atomic E-state index is 0. The first-order chi connectivity index (χ1) is 6.86. The summed E-state index contributed by atoms with van der Waals surface area (Å²) < 4.78 is 0. The highest BCUT2D eigenvalue weighted by atomic mass is 35.5. The van der Waals surface area contributed by atoms with Crippen molar-refractivity contribution in [1.29, 1.82) is 0 Å². The van der Waals surface area contributed by atoms with Crippen molar-refractivity contribution in [3.63, 3.8) is 0 Å². The molecule has 2 aliphatic rings. The standard InChI is InChI=1S/C12H24N2.ClH/c1-11-6-3-5-9-14(11)10-12-7-2-4-8-13-12;/h11-13H,2-10H2,1H3;1H. The summed E-state index contributed by atoms with van der Waals surface area (Å²) in [7, 11) is 0. The molecule has 2 heterocycles. The SMILES string of the molecule is CC1CCCCN1CC1CCCCN1.Cl. The molecule has 2 atom stereocenters. The predicted octanol–water partition coefficient (Wildman–Crippen LogP) is 2.42. The first-order valence-corrected chi connectivity index (χ1v) is 6.33. The topological polar surface area (TPSA) is 15.3 Å². The Balaban J connectivity index is 0.00000112. The molecule has 0 bridgehead atoms. The van der Waals surface area contributed by atoms with Gasteiger partial charge < -0.3 is 5.32 Å². The van der Waals surface area contributed by atoms with Gasteiger partial charge in [0.1, 0.15) is 0 Å². The van der Waals surface area contributed by atoms with Gasteiger partial charge in [0, 0.05) is 18.6 Å². The molecule has 2 fully saturated rings. The van der Waals surface area contributed by atoms with Gasteiger partial charge in [-0.15, -0.1) is 12.4 Å². The van der Waals surface area contributed by atoms with Crippen molar-refractivity contribution in [2.45, 2.75) is 57.5 Å². The van der Waals surface area contributed by atoms with E-state index < -0.39 is 0 Å². The number of hydrogen-bond donors (Lipinski definition) is 1. The third-order valence-corrected chi connectivity index (χ3v) is 3.81. The number of nitrogens with zero attached hydrogens (tertiary/aromatic N) is 1. The molecule has 3 heteroatoms. The Morgan fingerprint density at radius 1 is 1.13 bits per heavy atom. The smallest absolute Gasteiger partial charge is 0.0195 e. The Labute approximate surface area is 100 Å². The van der Waals surface area contributed by atoms with Gasteiger partial charge in [0.25, 0.3) is 0 Å². The first kappa shape index (κ1) is 13.3. The van der Waals surface area contributed by atoms with E-state index in [1.165, 1.54) is 58.2 Å². The highest BCUT2D eigenvalue weighted by Crippen LogP contribution is 2.18. The maximum atomic E-state index is 3.65. The van der Waals surface area contributed by atoms with Crippen molar-refractivity contribution in [2.75, 3.05) is 19.6 Å². The van der Waals surface area contributed by atoms with E-state index in [-0.39, 0.29) is 12.4 Å². The van der Waals surface area contributed by atoms with E-state index >= 15 is 0 Å². The van der Waals surface area contributed by atoms with Gasteiger partial charge in [-0.1, -0.05) is 12.8 Å². The zero-order chi connectivity index (χ0) is 9.80. The van der Waals surface area contributed by atoms with Crippen LogP contribution in [0.4, 0.5) is 0 Å². The van der Waals surface area contributed by atoms with Crippen LogP contribution < -0.4 is 5.32 Å². The fraction of sp³-hybridized carbons (Fsp3) is 1.00. The van der Waals surface area contributed by atoms with Crippen LogP contribution in [0, 0.1) is 0 Å². The van der Waals surface area contributed by atoms with E-state index in [0.717, 1.165) is 12.1 Å².